The molecule has 0 spiro atoms. The fourth-order valence-electron chi connectivity index (χ4n) is 0.562. The third-order valence-corrected chi connectivity index (χ3v) is 1.64. The predicted molar refractivity (Wildman–Crippen MR) is 49.2 cm³/mol. The van der Waals surface area contributed by atoms with Crippen molar-refractivity contribution < 1.29 is 9.90 Å². The van der Waals surface area contributed by atoms with Crippen LogP contribution in [0.15, 0.2) is 0 Å². The van der Waals surface area contributed by atoms with Crippen molar-refractivity contribution >= 4 is 5.97 Å². The molecule has 12 heavy (non-hydrogen) atoms. The fourth-order valence-corrected chi connectivity index (χ4v) is 0.562. The normalized spacial score (nSPS) is 13.1. The van der Waals surface area contributed by atoms with Gasteiger partial charge in [0.05, 0.1) is 5.41 Å². The first-order chi connectivity index (χ1) is 5.15. The summed E-state index contributed by atoms with van der Waals surface area (Å²) in [5.41, 5.74) is -0.708. The molecule has 0 saturated carbocycles. The molecular formula is C9H19NO2. The van der Waals surface area contributed by atoms with Gasteiger partial charge in [-0.15, -0.1) is 0 Å². The number of carbonyl (C=O) groups is 1. The monoisotopic (exact) mass is 173 g/mol. The molecule has 0 radical (unpaired) electrons. The van der Waals surface area contributed by atoms with Crippen LogP contribution in [-0.2, 0) is 4.79 Å². The van der Waals surface area contributed by atoms with Gasteiger partial charge in [-0.25, -0.2) is 0 Å². The maximum atomic E-state index is 10.7. The summed E-state index contributed by atoms with van der Waals surface area (Å²) in [5.74, 6) is -0.765. The Morgan fingerprint density at radius 1 is 1.25 bits per heavy atom. The first kappa shape index (κ1) is 11.4. The molecule has 0 amide bonds. The number of carboxylic acids is 1. The van der Waals surface area contributed by atoms with Crippen LogP contribution >= 0.6 is 0 Å². The van der Waals surface area contributed by atoms with Crippen LogP contribution in [0.5, 0.6) is 0 Å². The molecule has 3 nitrogen and oxygen atoms in total. The summed E-state index contributed by atoms with van der Waals surface area (Å²) in [6.45, 7) is 9.98. The molecule has 0 aliphatic rings. The topological polar surface area (TPSA) is 49.3 Å². The smallest absolute Gasteiger partial charge is 0.310 e. The van der Waals surface area contributed by atoms with Gasteiger partial charge in [-0.3, -0.25) is 4.79 Å². The molecule has 0 rings (SSSR count). The highest BCUT2D eigenvalue weighted by Gasteiger charge is 2.28. The lowest BCUT2D eigenvalue weighted by molar-refractivity contribution is -0.146. The minimum atomic E-state index is -0.765. The SMILES string of the molecule is CC(C)(C)NCC(C)(C)C(=O)O. The second-order valence-corrected chi connectivity index (χ2v) is 4.79. The van der Waals surface area contributed by atoms with Crippen LogP contribution in [-0.4, -0.2) is 23.2 Å². The van der Waals surface area contributed by atoms with Crippen LogP contribution in [0.1, 0.15) is 34.6 Å². The first-order valence-corrected chi connectivity index (χ1v) is 4.13. The third-order valence-electron chi connectivity index (χ3n) is 1.64. The van der Waals surface area contributed by atoms with Gasteiger partial charge in [-0.2, -0.15) is 0 Å². The Bertz CT molecular complexity index is 168. The number of carboxylic acid groups (broad SMARTS) is 1. The van der Waals surface area contributed by atoms with E-state index in [1.54, 1.807) is 13.8 Å². The van der Waals surface area contributed by atoms with E-state index in [1.165, 1.54) is 0 Å². The predicted octanol–water partition coefficient (Wildman–Crippen LogP) is 1.49. The van der Waals surface area contributed by atoms with Gasteiger partial charge in [0.1, 0.15) is 0 Å². The van der Waals surface area contributed by atoms with Crippen molar-refractivity contribution in [3.63, 3.8) is 0 Å². The molecule has 0 atom stereocenters. The highest BCUT2D eigenvalue weighted by atomic mass is 16.4. The van der Waals surface area contributed by atoms with Crippen molar-refractivity contribution in [1.82, 2.24) is 5.32 Å². The summed E-state index contributed by atoms with van der Waals surface area (Å²) in [4.78, 5) is 10.7. The van der Waals surface area contributed by atoms with E-state index in [2.05, 4.69) is 5.32 Å². The molecule has 0 aromatic rings. The van der Waals surface area contributed by atoms with E-state index in [9.17, 15) is 4.79 Å². The number of rotatable bonds is 3. The highest BCUT2D eigenvalue weighted by molar-refractivity contribution is 5.73. The molecule has 0 aliphatic heterocycles. The van der Waals surface area contributed by atoms with Crippen molar-refractivity contribution in [2.24, 2.45) is 5.41 Å². The average molecular weight is 173 g/mol. The minimum Gasteiger partial charge on any atom is -0.481 e. The van der Waals surface area contributed by atoms with Gasteiger partial charge in [-0.1, -0.05) is 0 Å². The van der Waals surface area contributed by atoms with E-state index in [4.69, 9.17) is 5.11 Å². The van der Waals surface area contributed by atoms with Gasteiger partial charge in [-0.05, 0) is 34.6 Å². The zero-order chi connectivity index (χ0) is 9.99. The molecule has 2 N–H and O–H groups in total. The summed E-state index contributed by atoms with van der Waals surface area (Å²) in [5, 5.41) is 12.0. The van der Waals surface area contributed by atoms with Crippen molar-refractivity contribution in [3.05, 3.63) is 0 Å². The number of hydrogen-bond donors (Lipinski definition) is 2. The molecule has 3 heteroatoms. The van der Waals surface area contributed by atoms with E-state index in [-0.39, 0.29) is 5.54 Å². The first-order valence-electron chi connectivity index (χ1n) is 4.13. The third kappa shape index (κ3) is 4.34. The van der Waals surface area contributed by atoms with Crippen molar-refractivity contribution in [2.45, 2.75) is 40.2 Å². The van der Waals surface area contributed by atoms with Crippen LogP contribution in [0.25, 0.3) is 0 Å². The maximum Gasteiger partial charge on any atom is 0.310 e. The van der Waals surface area contributed by atoms with Crippen LogP contribution < -0.4 is 5.32 Å². The van der Waals surface area contributed by atoms with Gasteiger partial charge >= 0.3 is 5.97 Å². The minimum absolute atomic E-state index is 0.0211. The zero-order valence-electron chi connectivity index (χ0n) is 8.56. The van der Waals surface area contributed by atoms with Crippen molar-refractivity contribution in [2.75, 3.05) is 6.54 Å². The molecule has 0 fully saturated rings. The quantitative estimate of drug-likeness (QED) is 0.679. The lowest BCUT2D eigenvalue weighted by Crippen LogP contribution is -2.44. The molecule has 0 aromatic carbocycles. The molecule has 0 saturated heterocycles. The summed E-state index contributed by atoms with van der Waals surface area (Å²) in [6, 6.07) is 0. The average Bonchev–Trinajstić information content (AvgIpc) is 1.82. The molecular weight excluding hydrogens is 154 g/mol. The fraction of sp³-hybridized carbons (Fsp3) is 0.889. The standard InChI is InChI=1S/C9H19NO2/c1-8(2,3)10-6-9(4,5)7(11)12/h10H,6H2,1-5H3,(H,11,12). The Balaban J connectivity index is 4.01. The Morgan fingerprint density at radius 3 is 1.92 bits per heavy atom. The lowest BCUT2D eigenvalue weighted by atomic mass is 9.92. The molecule has 0 aliphatic carbocycles. The van der Waals surface area contributed by atoms with Gasteiger partial charge in [0.2, 0.25) is 0 Å². The lowest BCUT2D eigenvalue weighted by Gasteiger charge is -2.27. The molecule has 0 heterocycles. The molecule has 72 valence electrons. The Morgan fingerprint density at radius 2 is 1.67 bits per heavy atom. The van der Waals surface area contributed by atoms with Gasteiger partial charge in [0.15, 0.2) is 0 Å². The Kier molecular flexibility index (Phi) is 3.27. The number of aliphatic carboxylic acids is 1. The van der Waals surface area contributed by atoms with E-state index in [1.807, 2.05) is 20.8 Å². The summed E-state index contributed by atoms with van der Waals surface area (Å²) in [7, 11) is 0. The molecule has 0 bridgehead atoms. The molecule has 0 unspecified atom stereocenters. The second-order valence-electron chi connectivity index (χ2n) is 4.79. The van der Waals surface area contributed by atoms with E-state index >= 15 is 0 Å². The largest absolute Gasteiger partial charge is 0.481 e. The van der Waals surface area contributed by atoms with Crippen LogP contribution in [0.4, 0.5) is 0 Å². The zero-order valence-corrected chi connectivity index (χ0v) is 8.56. The van der Waals surface area contributed by atoms with Gasteiger partial charge < -0.3 is 10.4 Å². The van der Waals surface area contributed by atoms with E-state index < -0.39 is 11.4 Å². The Hall–Kier alpha value is -0.570. The Labute approximate surface area is 74.2 Å². The van der Waals surface area contributed by atoms with Crippen LogP contribution in [0, 0.1) is 5.41 Å². The summed E-state index contributed by atoms with van der Waals surface area (Å²) < 4.78 is 0. The second kappa shape index (κ2) is 3.44. The number of hydrogen-bond acceptors (Lipinski definition) is 2. The number of nitrogens with one attached hydrogen (secondary N) is 1. The highest BCUT2D eigenvalue weighted by Crippen LogP contribution is 2.14. The van der Waals surface area contributed by atoms with Gasteiger partial charge in [0, 0.05) is 12.1 Å². The summed E-state index contributed by atoms with van der Waals surface area (Å²) in [6.07, 6.45) is 0. The van der Waals surface area contributed by atoms with Crippen LogP contribution in [0.2, 0.25) is 0 Å². The van der Waals surface area contributed by atoms with E-state index in [0.717, 1.165) is 0 Å². The maximum absolute atomic E-state index is 10.7. The summed E-state index contributed by atoms with van der Waals surface area (Å²) >= 11 is 0. The van der Waals surface area contributed by atoms with Crippen molar-refractivity contribution in [3.8, 4) is 0 Å². The van der Waals surface area contributed by atoms with Crippen LogP contribution in [0.3, 0.4) is 0 Å². The molecule has 0 aromatic heterocycles. The van der Waals surface area contributed by atoms with E-state index in [0.29, 0.717) is 6.54 Å². The van der Waals surface area contributed by atoms with Crippen molar-refractivity contribution in [1.29, 1.82) is 0 Å². The van der Waals surface area contributed by atoms with Gasteiger partial charge in [0.25, 0.3) is 0 Å².